The number of amides is 1. The van der Waals surface area contributed by atoms with Gasteiger partial charge in [-0.3, -0.25) is 4.79 Å². The monoisotopic (exact) mass is 349 g/mol. The second kappa shape index (κ2) is 5.97. The zero-order valence-corrected chi connectivity index (χ0v) is 15.4. The van der Waals surface area contributed by atoms with Gasteiger partial charge in [0.05, 0.1) is 0 Å². The highest BCUT2D eigenvalue weighted by Gasteiger charge is 2.59. The fraction of sp³-hybridized carbons (Fsp3) is 0.900. The van der Waals surface area contributed by atoms with Crippen molar-refractivity contribution in [3.8, 4) is 0 Å². The number of nitrogens with one attached hydrogen (secondary N) is 1. The smallest absolute Gasteiger partial charge is 0.329 e. The van der Waals surface area contributed by atoms with Gasteiger partial charge in [0.1, 0.15) is 12.7 Å². The number of fused-ring (bicyclic) bond motifs is 5. The zero-order chi connectivity index (χ0) is 17.8. The van der Waals surface area contributed by atoms with Crippen LogP contribution in [0, 0.1) is 28.6 Å². The fourth-order valence-corrected chi connectivity index (χ4v) is 7.04. The number of ether oxygens (including phenoxy) is 1. The molecule has 4 rings (SSSR count). The highest BCUT2D eigenvalue weighted by atomic mass is 16.5. The van der Waals surface area contributed by atoms with E-state index < -0.39 is 18.7 Å². The Balaban J connectivity index is 1.56. The van der Waals surface area contributed by atoms with E-state index in [1.807, 2.05) is 0 Å². The van der Waals surface area contributed by atoms with Gasteiger partial charge in [-0.2, -0.15) is 0 Å². The number of rotatable bonds is 3. The topological polar surface area (TPSA) is 75.6 Å². The van der Waals surface area contributed by atoms with Crippen molar-refractivity contribution in [2.75, 3.05) is 6.61 Å². The van der Waals surface area contributed by atoms with E-state index in [4.69, 9.17) is 9.84 Å². The van der Waals surface area contributed by atoms with Crippen molar-refractivity contribution in [3.63, 3.8) is 0 Å². The molecule has 2 N–H and O–H groups in total. The maximum absolute atomic E-state index is 12.4. The first kappa shape index (κ1) is 17.3. The quantitative estimate of drug-likeness (QED) is 0.821. The van der Waals surface area contributed by atoms with Crippen LogP contribution in [0.25, 0.3) is 0 Å². The molecular formula is C20H31NO4. The molecule has 3 saturated carbocycles. The van der Waals surface area contributed by atoms with E-state index >= 15 is 0 Å². The summed E-state index contributed by atoms with van der Waals surface area (Å²) in [6.45, 7) is 4.42. The summed E-state index contributed by atoms with van der Waals surface area (Å²) in [4.78, 5) is 23.2. The zero-order valence-electron chi connectivity index (χ0n) is 15.4. The molecule has 0 aromatic heterocycles. The lowest BCUT2D eigenvalue weighted by Crippen LogP contribution is -2.64. The van der Waals surface area contributed by atoms with Gasteiger partial charge in [0.25, 0.3) is 0 Å². The van der Waals surface area contributed by atoms with Crippen LogP contribution >= 0.6 is 0 Å². The number of carbonyl (C=O) groups is 2. The summed E-state index contributed by atoms with van der Waals surface area (Å²) in [6.07, 6.45) is 8.99. The van der Waals surface area contributed by atoms with Crippen LogP contribution in [0.5, 0.6) is 0 Å². The summed E-state index contributed by atoms with van der Waals surface area (Å²) in [5, 5.41) is 12.1. The minimum atomic E-state index is -1.01. The standard InChI is InChI=1S/C20H31NO4/c1-19-8-3-4-13(19)12-5-6-16-20(2,14(12)7-9-19)10-15(18(24)21-16)25-11-17(22)23/h12-16H,3-11H2,1-2H3,(H,21,24)(H,22,23)/t12-,13-,14+,15?,16?,19-,20+/m0/s1. The van der Waals surface area contributed by atoms with Crippen molar-refractivity contribution in [2.24, 2.45) is 28.6 Å². The van der Waals surface area contributed by atoms with Crippen LogP contribution < -0.4 is 5.32 Å². The first-order valence-corrected chi connectivity index (χ1v) is 9.97. The molecule has 0 bridgehead atoms. The molecule has 25 heavy (non-hydrogen) atoms. The van der Waals surface area contributed by atoms with Gasteiger partial charge in [0.2, 0.25) is 5.91 Å². The summed E-state index contributed by atoms with van der Waals surface area (Å²) >= 11 is 0. The van der Waals surface area contributed by atoms with Crippen molar-refractivity contribution in [2.45, 2.75) is 77.4 Å². The molecule has 7 atom stereocenters. The van der Waals surface area contributed by atoms with Gasteiger partial charge in [0.15, 0.2) is 0 Å². The van der Waals surface area contributed by atoms with Crippen molar-refractivity contribution < 1.29 is 19.4 Å². The van der Waals surface area contributed by atoms with E-state index in [0.29, 0.717) is 17.8 Å². The van der Waals surface area contributed by atoms with Crippen LogP contribution in [0.3, 0.4) is 0 Å². The third kappa shape index (κ3) is 2.70. The Morgan fingerprint density at radius 2 is 2.00 bits per heavy atom. The molecule has 5 nitrogen and oxygen atoms in total. The van der Waals surface area contributed by atoms with Crippen LogP contribution in [0.4, 0.5) is 0 Å². The number of carboxylic acid groups (broad SMARTS) is 1. The molecule has 1 amide bonds. The van der Waals surface area contributed by atoms with E-state index in [9.17, 15) is 9.59 Å². The van der Waals surface area contributed by atoms with Crippen molar-refractivity contribution in [1.82, 2.24) is 5.32 Å². The predicted octanol–water partition coefficient (Wildman–Crippen LogP) is 2.98. The highest BCUT2D eigenvalue weighted by Crippen LogP contribution is 2.64. The van der Waals surface area contributed by atoms with Crippen LogP contribution in [0.1, 0.15) is 65.2 Å². The number of carbonyl (C=O) groups excluding carboxylic acids is 1. The first-order valence-electron chi connectivity index (χ1n) is 9.97. The van der Waals surface area contributed by atoms with Gasteiger partial charge in [-0.05, 0) is 73.5 Å². The molecule has 1 heterocycles. The average Bonchev–Trinajstić information content (AvgIpc) is 2.95. The Labute approximate surface area is 149 Å². The van der Waals surface area contributed by atoms with Gasteiger partial charge in [0, 0.05) is 6.04 Å². The Hall–Kier alpha value is -1.10. The Kier molecular flexibility index (Phi) is 4.13. The van der Waals surface area contributed by atoms with Crippen molar-refractivity contribution in [1.29, 1.82) is 0 Å². The summed E-state index contributed by atoms with van der Waals surface area (Å²) in [7, 11) is 0. The van der Waals surface area contributed by atoms with Crippen LogP contribution in [0.2, 0.25) is 0 Å². The molecule has 0 aromatic carbocycles. The third-order valence-electron chi connectivity index (χ3n) is 8.29. The molecule has 5 heteroatoms. The molecule has 0 radical (unpaired) electrons. The Bertz CT molecular complexity index is 578. The summed E-state index contributed by atoms with van der Waals surface area (Å²) in [5.74, 6) is 1.08. The second-order valence-electron chi connectivity index (χ2n) is 9.50. The summed E-state index contributed by atoms with van der Waals surface area (Å²) < 4.78 is 5.45. The lowest BCUT2D eigenvalue weighted by atomic mass is 9.47. The van der Waals surface area contributed by atoms with E-state index in [-0.39, 0.29) is 17.4 Å². The number of hydrogen-bond donors (Lipinski definition) is 2. The van der Waals surface area contributed by atoms with E-state index in [2.05, 4.69) is 19.2 Å². The molecular weight excluding hydrogens is 318 g/mol. The minimum absolute atomic E-state index is 0.0317. The van der Waals surface area contributed by atoms with E-state index in [1.165, 1.54) is 38.5 Å². The summed E-state index contributed by atoms with van der Waals surface area (Å²) in [5.41, 5.74) is 0.561. The van der Waals surface area contributed by atoms with Gasteiger partial charge >= 0.3 is 5.97 Å². The van der Waals surface area contributed by atoms with E-state index in [0.717, 1.165) is 18.3 Å². The number of carboxylic acids is 1. The predicted molar refractivity (Wildman–Crippen MR) is 92.9 cm³/mol. The fourth-order valence-electron chi connectivity index (χ4n) is 7.04. The van der Waals surface area contributed by atoms with Gasteiger partial charge in [-0.15, -0.1) is 0 Å². The molecule has 1 saturated heterocycles. The van der Waals surface area contributed by atoms with Crippen LogP contribution in [-0.2, 0) is 14.3 Å². The van der Waals surface area contributed by atoms with Gasteiger partial charge < -0.3 is 15.2 Å². The van der Waals surface area contributed by atoms with Gasteiger partial charge in [-0.25, -0.2) is 4.79 Å². The third-order valence-corrected chi connectivity index (χ3v) is 8.29. The molecule has 3 aliphatic carbocycles. The van der Waals surface area contributed by atoms with E-state index in [1.54, 1.807) is 0 Å². The molecule has 4 fully saturated rings. The summed E-state index contributed by atoms with van der Waals surface area (Å²) in [6, 6.07) is 0.219. The molecule has 140 valence electrons. The number of piperidine rings is 1. The van der Waals surface area contributed by atoms with Crippen LogP contribution in [0.15, 0.2) is 0 Å². The molecule has 4 aliphatic rings. The maximum Gasteiger partial charge on any atom is 0.329 e. The SMILES string of the molecule is C[C@@]12CCC[C@H]1[C@@H]1CCC3NC(=O)C(OCC(=O)O)C[C@]3(C)[C@@H]1CC2. The molecule has 0 spiro atoms. The van der Waals surface area contributed by atoms with Gasteiger partial charge in [-0.1, -0.05) is 20.3 Å². The number of aliphatic carboxylic acids is 1. The highest BCUT2D eigenvalue weighted by molar-refractivity contribution is 5.82. The largest absolute Gasteiger partial charge is 0.480 e. The Morgan fingerprint density at radius 3 is 2.76 bits per heavy atom. The molecule has 0 aromatic rings. The van der Waals surface area contributed by atoms with Crippen LogP contribution in [-0.4, -0.2) is 35.7 Å². The maximum atomic E-state index is 12.4. The lowest BCUT2D eigenvalue weighted by molar-refractivity contribution is -0.162. The molecule has 2 unspecified atom stereocenters. The molecule has 1 aliphatic heterocycles. The number of hydrogen-bond acceptors (Lipinski definition) is 3. The second-order valence-corrected chi connectivity index (χ2v) is 9.50. The average molecular weight is 349 g/mol. The van der Waals surface area contributed by atoms with Crippen molar-refractivity contribution in [3.05, 3.63) is 0 Å². The minimum Gasteiger partial charge on any atom is -0.480 e. The Morgan fingerprint density at radius 1 is 1.20 bits per heavy atom. The first-order chi connectivity index (χ1) is 11.8. The normalized spacial score (nSPS) is 48.9. The lowest BCUT2D eigenvalue weighted by Gasteiger charge is -2.60. The van der Waals surface area contributed by atoms with Crippen molar-refractivity contribution >= 4 is 11.9 Å².